The first-order valence-corrected chi connectivity index (χ1v) is 11.3. The van der Waals surface area contributed by atoms with Crippen LogP contribution < -0.4 is 0 Å². The summed E-state index contributed by atoms with van der Waals surface area (Å²) in [6, 6.07) is 39.0. The standard InChI is InChI=1S/C31H18N4/c32-19-21-11-16-31-27(18-21)26-7-2-4-10-30(26)35(31)29-9-3-1-6-25(29)23-14-12-22(13-15-23)24-8-5-17-34-28(24)20-33/h1-18H. The number of nitriles is 2. The fourth-order valence-corrected chi connectivity index (χ4v) is 4.77. The maximum Gasteiger partial charge on any atom is 0.148 e. The number of benzene rings is 4. The second-order valence-corrected chi connectivity index (χ2v) is 8.30. The molecule has 162 valence electrons. The van der Waals surface area contributed by atoms with Crippen molar-refractivity contribution in [2.45, 2.75) is 0 Å². The number of hydrogen-bond donors (Lipinski definition) is 0. The second kappa shape index (κ2) is 8.30. The summed E-state index contributed by atoms with van der Waals surface area (Å²) in [4.78, 5) is 4.19. The highest BCUT2D eigenvalue weighted by Crippen LogP contribution is 2.37. The Labute approximate surface area is 202 Å². The third-order valence-electron chi connectivity index (χ3n) is 6.37. The summed E-state index contributed by atoms with van der Waals surface area (Å²) < 4.78 is 2.27. The van der Waals surface area contributed by atoms with Crippen LogP contribution in [0.5, 0.6) is 0 Å². The quantitative estimate of drug-likeness (QED) is 0.287. The molecule has 0 N–H and O–H groups in total. The van der Waals surface area contributed by atoms with Crippen LogP contribution in [0, 0.1) is 22.7 Å². The van der Waals surface area contributed by atoms with E-state index >= 15 is 0 Å². The maximum absolute atomic E-state index is 9.44. The average molecular weight is 447 g/mol. The normalized spacial score (nSPS) is 10.8. The molecular formula is C31H18N4. The Morgan fingerprint density at radius 3 is 2.09 bits per heavy atom. The molecule has 6 aromatic rings. The van der Waals surface area contributed by atoms with Gasteiger partial charge in [0.15, 0.2) is 0 Å². The predicted octanol–water partition coefficient (Wildman–Crippen LogP) is 7.26. The summed E-state index contributed by atoms with van der Waals surface area (Å²) in [6.07, 6.45) is 1.64. The van der Waals surface area contributed by atoms with Crippen LogP contribution >= 0.6 is 0 Å². The van der Waals surface area contributed by atoms with E-state index in [1.165, 1.54) is 0 Å². The van der Waals surface area contributed by atoms with Gasteiger partial charge in [-0.25, -0.2) is 4.98 Å². The largest absolute Gasteiger partial charge is 0.309 e. The highest BCUT2D eigenvalue weighted by Gasteiger charge is 2.16. The minimum absolute atomic E-state index is 0.419. The zero-order valence-corrected chi connectivity index (χ0v) is 18.7. The monoisotopic (exact) mass is 446 g/mol. The van der Waals surface area contributed by atoms with Crippen LogP contribution in [-0.4, -0.2) is 9.55 Å². The molecule has 0 atom stereocenters. The van der Waals surface area contributed by atoms with E-state index in [-0.39, 0.29) is 0 Å². The second-order valence-electron chi connectivity index (χ2n) is 8.30. The van der Waals surface area contributed by atoms with Crippen molar-refractivity contribution in [3.05, 3.63) is 121 Å². The van der Waals surface area contributed by atoms with Gasteiger partial charge >= 0.3 is 0 Å². The molecule has 0 aliphatic heterocycles. The van der Waals surface area contributed by atoms with Gasteiger partial charge in [-0.05, 0) is 53.6 Å². The Morgan fingerprint density at radius 2 is 1.29 bits per heavy atom. The molecule has 0 aliphatic rings. The third kappa shape index (κ3) is 3.33. The van der Waals surface area contributed by atoms with E-state index in [9.17, 15) is 10.5 Å². The van der Waals surface area contributed by atoms with Gasteiger partial charge in [0, 0.05) is 28.1 Å². The van der Waals surface area contributed by atoms with E-state index in [0.717, 1.165) is 49.7 Å². The van der Waals surface area contributed by atoms with Crippen LogP contribution in [0.1, 0.15) is 11.3 Å². The summed E-state index contributed by atoms with van der Waals surface area (Å²) in [5.41, 5.74) is 8.24. The average Bonchev–Trinajstić information content (AvgIpc) is 3.26. The van der Waals surface area contributed by atoms with E-state index in [1.807, 2.05) is 66.7 Å². The van der Waals surface area contributed by atoms with Gasteiger partial charge < -0.3 is 4.57 Å². The van der Waals surface area contributed by atoms with Gasteiger partial charge in [0.2, 0.25) is 0 Å². The Balaban J connectivity index is 1.55. The number of fused-ring (bicyclic) bond motifs is 3. The maximum atomic E-state index is 9.44. The smallest absolute Gasteiger partial charge is 0.148 e. The van der Waals surface area contributed by atoms with Crippen LogP contribution in [-0.2, 0) is 0 Å². The highest BCUT2D eigenvalue weighted by atomic mass is 15.0. The van der Waals surface area contributed by atoms with Crippen molar-refractivity contribution in [2.75, 3.05) is 0 Å². The SMILES string of the molecule is N#Cc1ccc2c(c1)c1ccccc1n2-c1ccccc1-c1ccc(-c2cccnc2C#N)cc1. The summed E-state index contributed by atoms with van der Waals surface area (Å²) in [5.74, 6) is 0. The number of pyridine rings is 1. The van der Waals surface area contributed by atoms with Crippen molar-refractivity contribution in [1.82, 2.24) is 9.55 Å². The molecule has 0 saturated heterocycles. The molecule has 4 aromatic carbocycles. The first-order valence-electron chi connectivity index (χ1n) is 11.3. The van der Waals surface area contributed by atoms with Gasteiger partial charge in [-0.15, -0.1) is 0 Å². The molecule has 2 heterocycles. The molecular weight excluding hydrogens is 428 g/mol. The topological polar surface area (TPSA) is 65.4 Å². The summed E-state index contributed by atoms with van der Waals surface area (Å²) in [5, 5.41) is 21.0. The minimum Gasteiger partial charge on any atom is -0.309 e. The Hall–Kier alpha value is -5.19. The number of nitrogens with zero attached hydrogens (tertiary/aromatic N) is 4. The zero-order valence-electron chi connectivity index (χ0n) is 18.7. The molecule has 2 aromatic heterocycles. The van der Waals surface area contributed by atoms with Crippen molar-refractivity contribution in [1.29, 1.82) is 10.5 Å². The summed E-state index contributed by atoms with van der Waals surface area (Å²) in [6.45, 7) is 0. The molecule has 0 unspecified atom stereocenters. The van der Waals surface area contributed by atoms with E-state index in [0.29, 0.717) is 11.3 Å². The number of rotatable bonds is 3. The van der Waals surface area contributed by atoms with Crippen LogP contribution in [0.3, 0.4) is 0 Å². The van der Waals surface area contributed by atoms with Crippen LogP contribution in [0.15, 0.2) is 109 Å². The Bertz CT molecular complexity index is 1810. The van der Waals surface area contributed by atoms with Gasteiger partial charge in [0.1, 0.15) is 11.8 Å². The molecule has 6 rings (SSSR count). The van der Waals surface area contributed by atoms with E-state index in [2.05, 4.69) is 58.1 Å². The number of aromatic nitrogens is 2. The Morgan fingerprint density at radius 1 is 0.600 bits per heavy atom. The van der Waals surface area contributed by atoms with Gasteiger partial charge in [0.05, 0.1) is 28.4 Å². The van der Waals surface area contributed by atoms with E-state index in [4.69, 9.17) is 0 Å². The zero-order chi connectivity index (χ0) is 23.8. The highest BCUT2D eigenvalue weighted by molar-refractivity contribution is 6.10. The lowest BCUT2D eigenvalue weighted by Crippen LogP contribution is -1.97. The first kappa shape index (κ1) is 20.4. The van der Waals surface area contributed by atoms with Gasteiger partial charge in [-0.1, -0.05) is 60.7 Å². The molecule has 0 saturated carbocycles. The molecule has 0 amide bonds. The molecule has 4 nitrogen and oxygen atoms in total. The first-order chi connectivity index (χ1) is 17.3. The van der Waals surface area contributed by atoms with Crippen molar-refractivity contribution < 1.29 is 0 Å². The lowest BCUT2D eigenvalue weighted by Gasteiger charge is -2.14. The summed E-state index contributed by atoms with van der Waals surface area (Å²) >= 11 is 0. The van der Waals surface area contributed by atoms with Gasteiger partial charge in [0.25, 0.3) is 0 Å². The predicted molar refractivity (Wildman–Crippen MR) is 139 cm³/mol. The lowest BCUT2D eigenvalue weighted by atomic mass is 9.98. The third-order valence-corrected chi connectivity index (χ3v) is 6.37. The molecule has 0 spiro atoms. The van der Waals surface area contributed by atoms with Gasteiger partial charge in [-0.3, -0.25) is 0 Å². The molecule has 0 radical (unpaired) electrons. The van der Waals surface area contributed by atoms with E-state index in [1.54, 1.807) is 6.20 Å². The van der Waals surface area contributed by atoms with Crippen LogP contribution in [0.2, 0.25) is 0 Å². The summed E-state index contributed by atoms with van der Waals surface area (Å²) in [7, 11) is 0. The minimum atomic E-state index is 0.419. The Kier molecular flexibility index (Phi) is 4.84. The lowest BCUT2D eigenvalue weighted by molar-refractivity contribution is 1.18. The number of para-hydroxylation sites is 2. The number of hydrogen-bond acceptors (Lipinski definition) is 3. The fraction of sp³-hybridized carbons (Fsp3) is 0. The van der Waals surface area contributed by atoms with Crippen molar-refractivity contribution in [3.8, 4) is 40.1 Å². The van der Waals surface area contributed by atoms with Crippen LogP contribution in [0.4, 0.5) is 0 Å². The molecule has 0 aliphatic carbocycles. The molecule has 0 bridgehead atoms. The van der Waals surface area contributed by atoms with Crippen LogP contribution in [0.25, 0.3) is 49.7 Å². The fourth-order valence-electron chi connectivity index (χ4n) is 4.77. The van der Waals surface area contributed by atoms with E-state index < -0.39 is 0 Å². The molecule has 35 heavy (non-hydrogen) atoms. The van der Waals surface area contributed by atoms with Gasteiger partial charge in [-0.2, -0.15) is 10.5 Å². The van der Waals surface area contributed by atoms with Crippen molar-refractivity contribution in [2.24, 2.45) is 0 Å². The molecule has 0 fully saturated rings. The van der Waals surface area contributed by atoms with Crippen molar-refractivity contribution >= 4 is 21.8 Å². The molecule has 4 heteroatoms. The van der Waals surface area contributed by atoms with Crippen molar-refractivity contribution in [3.63, 3.8) is 0 Å².